The molecule has 0 spiro atoms. The Kier molecular flexibility index (Phi) is 4.22. The number of ether oxygens (including phenoxy) is 2. The first-order chi connectivity index (χ1) is 11.1. The predicted octanol–water partition coefficient (Wildman–Crippen LogP) is 4.55. The molecule has 1 aliphatic rings. The molecule has 1 aliphatic heterocycles. The highest BCUT2D eigenvalue weighted by molar-refractivity contribution is 6.30. The lowest BCUT2D eigenvalue weighted by Gasteiger charge is -2.14. The average molecular weight is 327 g/mol. The summed E-state index contributed by atoms with van der Waals surface area (Å²) in [7, 11) is 1.35. The van der Waals surface area contributed by atoms with Crippen LogP contribution in [0, 0.1) is 0 Å². The molecule has 3 nitrogen and oxygen atoms in total. The van der Waals surface area contributed by atoms with Crippen LogP contribution in [0.5, 0.6) is 0 Å². The molecule has 0 fully saturated rings. The maximum absolute atomic E-state index is 12.2. The van der Waals surface area contributed by atoms with Crippen LogP contribution in [0.4, 0.5) is 0 Å². The first kappa shape index (κ1) is 15.4. The van der Waals surface area contributed by atoms with Crippen LogP contribution in [-0.2, 0) is 14.3 Å². The van der Waals surface area contributed by atoms with E-state index in [2.05, 4.69) is 6.58 Å². The third kappa shape index (κ3) is 2.88. The molecule has 0 aliphatic carbocycles. The second-order valence-corrected chi connectivity index (χ2v) is 5.57. The van der Waals surface area contributed by atoms with E-state index in [1.165, 1.54) is 7.11 Å². The summed E-state index contributed by atoms with van der Waals surface area (Å²) in [4.78, 5) is 12.2. The van der Waals surface area contributed by atoms with Crippen LogP contribution >= 0.6 is 11.6 Å². The number of carbonyl (C=O) groups excluding carboxylic acids is 1. The fourth-order valence-electron chi connectivity index (χ4n) is 2.56. The Morgan fingerprint density at radius 2 is 1.78 bits per heavy atom. The summed E-state index contributed by atoms with van der Waals surface area (Å²) in [5, 5.41) is 0.616. The Morgan fingerprint density at radius 3 is 2.39 bits per heavy atom. The van der Waals surface area contributed by atoms with E-state index >= 15 is 0 Å². The molecular formula is C19H15ClO3. The van der Waals surface area contributed by atoms with Crippen molar-refractivity contribution in [1.29, 1.82) is 0 Å². The molecule has 2 aromatic carbocycles. The van der Waals surface area contributed by atoms with Crippen molar-refractivity contribution in [1.82, 2.24) is 0 Å². The maximum Gasteiger partial charge on any atom is 0.342 e. The van der Waals surface area contributed by atoms with E-state index in [0.717, 1.165) is 11.1 Å². The molecule has 0 unspecified atom stereocenters. The highest BCUT2D eigenvalue weighted by Gasteiger charge is 2.36. The van der Waals surface area contributed by atoms with Gasteiger partial charge >= 0.3 is 5.97 Å². The van der Waals surface area contributed by atoms with Crippen molar-refractivity contribution < 1.29 is 14.3 Å². The molecule has 0 radical (unpaired) electrons. The number of esters is 1. The first-order valence-electron chi connectivity index (χ1n) is 7.11. The normalized spacial score (nSPS) is 17.1. The summed E-state index contributed by atoms with van der Waals surface area (Å²) >= 11 is 5.93. The zero-order valence-corrected chi connectivity index (χ0v) is 13.3. The lowest BCUT2D eigenvalue weighted by atomic mass is 9.97. The Bertz CT molecular complexity index is 776. The summed E-state index contributed by atoms with van der Waals surface area (Å²) in [6.07, 6.45) is -0.407. The van der Waals surface area contributed by atoms with Crippen molar-refractivity contribution in [3.63, 3.8) is 0 Å². The van der Waals surface area contributed by atoms with Gasteiger partial charge in [0.2, 0.25) is 0 Å². The Labute approximate surface area is 139 Å². The van der Waals surface area contributed by atoms with Crippen LogP contribution in [0.2, 0.25) is 5.02 Å². The van der Waals surface area contributed by atoms with Crippen LogP contribution in [-0.4, -0.2) is 13.1 Å². The van der Waals surface area contributed by atoms with Gasteiger partial charge in [0.05, 0.1) is 7.11 Å². The number of carbonyl (C=O) groups is 1. The van der Waals surface area contributed by atoms with E-state index in [1.54, 1.807) is 24.3 Å². The molecule has 2 aromatic rings. The fourth-order valence-corrected chi connectivity index (χ4v) is 2.69. The van der Waals surface area contributed by atoms with E-state index < -0.39 is 12.1 Å². The first-order valence-corrected chi connectivity index (χ1v) is 7.49. The fraction of sp³-hybridized carbons (Fsp3) is 0.105. The molecule has 1 atom stereocenters. The van der Waals surface area contributed by atoms with E-state index in [9.17, 15) is 4.79 Å². The largest absolute Gasteiger partial charge is 0.479 e. The summed E-state index contributed by atoms with van der Waals surface area (Å²) < 4.78 is 11.0. The molecule has 1 heterocycles. The summed E-state index contributed by atoms with van der Waals surface area (Å²) in [5.74, 6) is 0.00532. The standard InChI is InChI=1S/C19H15ClO3/c1-12-16(19(21)22-2)18(14-8-10-15(20)11-9-14)23-17(12)13-6-4-3-5-7-13/h3-11,17H,1H2,2H3/t17-/m1/s1. The molecule has 0 amide bonds. The lowest BCUT2D eigenvalue weighted by Crippen LogP contribution is -2.07. The summed E-state index contributed by atoms with van der Waals surface area (Å²) in [5.41, 5.74) is 2.65. The Balaban J connectivity index is 2.06. The van der Waals surface area contributed by atoms with Gasteiger partial charge in [0, 0.05) is 16.2 Å². The van der Waals surface area contributed by atoms with Crippen LogP contribution in [0.1, 0.15) is 17.2 Å². The number of methoxy groups -OCH3 is 1. The topological polar surface area (TPSA) is 35.5 Å². The zero-order chi connectivity index (χ0) is 16.4. The Hall–Kier alpha value is -2.52. The van der Waals surface area contributed by atoms with Gasteiger partial charge in [-0.3, -0.25) is 0 Å². The van der Waals surface area contributed by atoms with Gasteiger partial charge in [0.1, 0.15) is 17.4 Å². The second-order valence-electron chi connectivity index (χ2n) is 5.14. The zero-order valence-electron chi connectivity index (χ0n) is 12.6. The molecule has 3 rings (SSSR count). The van der Waals surface area contributed by atoms with Crippen molar-refractivity contribution in [2.75, 3.05) is 7.11 Å². The van der Waals surface area contributed by atoms with Crippen molar-refractivity contribution in [2.24, 2.45) is 0 Å². The lowest BCUT2D eigenvalue weighted by molar-refractivity contribution is -0.135. The third-order valence-corrected chi connectivity index (χ3v) is 3.95. The van der Waals surface area contributed by atoms with Crippen molar-refractivity contribution >= 4 is 23.3 Å². The smallest absolute Gasteiger partial charge is 0.342 e. The third-order valence-electron chi connectivity index (χ3n) is 3.70. The number of rotatable bonds is 3. The minimum Gasteiger partial charge on any atom is -0.479 e. The number of halogens is 1. The molecule has 0 bridgehead atoms. The molecule has 0 saturated heterocycles. The molecule has 0 aromatic heterocycles. The van der Waals surface area contributed by atoms with E-state index in [-0.39, 0.29) is 0 Å². The molecular weight excluding hydrogens is 312 g/mol. The van der Waals surface area contributed by atoms with E-state index in [1.807, 2.05) is 30.3 Å². The highest BCUT2D eigenvalue weighted by Crippen LogP contribution is 2.44. The number of hydrogen-bond donors (Lipinski definition) is 0. The SMILES string of the molecule is C=C1C(C(=O)OC)=C(c2ccc(Cl)cc2)O[C@H]1c1ccccc1. The molecule has 23 heavy (non-hydrogen) atoms. The van der Waals surface area contributed by atoms with E-state index in [0.29, 0.717) is 21.9 Å². The van der Waals surface area contributed by atoms with Gasteiger partial charge < -0.3 is 9.47 Å². The molecule has 0 saturated carbocycles. The maximum atomic E-state index is 12.2. The second kappa shape index (κ2) is 6.31. The quantitative estimate of drug-likeness (QED) is 0.776. The van der Waals surface area contributed by atoms with Gasteiger partial charge in [-0.15, -0.1) is 0 Å². The highest BCUT2D eigenvalue weighted by atomic mass is 35.5. The number of benzene rings is 2. The predicted molar refractivity (Wildman–Crippen MR) is 89.8 cm³/mol. The van der Waals surface area contributed by atoms with Gasteiger partial charge in [-0.1, -0.05) is 48.5 Å². The van der Waals surface area contributed by atoms with Gasteiger partial charge in [-0.05, 0) is 29.8 Å². The molecule has 4 heteroatoms. The average Bonchev–Trinajstić information content (AvgIpc) is 2.93. The minimum atomic E-state index is -0.460. The van der Waals surface area contributed by atoms with Crippen LogP contribution in [0.15, 0.2) is 72.3 Å². The van der Waals surface area contributed by atoms with Crippen molar-refractivity contribution in [3.8, 4) is 0 Å². The Morgan fingerprint density at radius 1 is 1.13 bits per heavy atom. The molecule has 116 valence electrons. The van der Waals surface area contributed by atoms with Gasteiger partial charge in [-0.25, -0.2) is 4.79 Å². The van der Waals surface area contributed by atoms with Crippen molar-refractivity contribution in [3.05, 3.63) is 88.5 Å². The minimum absolute atomic E-state index is 0.365. The van der Waals surface area contributed by atoms with Gasteiger partial charge in [-0.2, -0.15) is 0 Å². The van der Waals surface area contributed by atoms with Gasteiger partial charge in [0.25, 0.3) is 0 Å². The van der Waals surface area contributed by atoms with Crippen LogP contribution in [0.3, 0.4) is 0 Å². The summed E-state index contributed by atoms with van der Waals surface area (Å²) in [6, 6.07) is 16.8. The molecule has 0 N–H and O–H groups in total. The van der Waals surface area contributed by atoms with Crippen LogP contribution < -0.4 is 0 Å². The van der Waals surface area contributed by atoms with Crippen molar-refractivity contribution in [2.45, 2.75) is 6.10 Å². The van der Waals surface area contributed by atoms with Gasteiger partial charge in [0.15, 0.2) is 0 Å². The summed E-state index contributed by atoms with van der Waals surface area (Å²) in [6.45, 7) is 4.05. The van der Waals surface area contributed by atoms with Crippen LogP contribution in [0.25, 0.3) is 5.76 Å². The monoisotopic (exact) mass is 326 g/mol. The number of hydrogen-bond acceptors (Lipinski definition) is 3. The van der Waals surface area contributed by atoms with E-state index in [4.69, 9.17) is 21.1 Å².